The van der Waals surface area contributed by atoms with Gasteiger partial charge in [-0.1, -0.05) is 20.8 Å². The van der Waals surface area contributed by atoms with E-state index in [-0.39, 0.29) is 6.04 Å². The Bertz CT molecular complexity index is 101. The third-order valence-electron chi connectivity index (χ3n) is 2.17. The molecule has 0 aliphatic rings. The van der Waals surface area contributed by atoms with E-state index in [9.17, 15) is 4.79 Å². The molecule has 0 rings (SSSR count). The molecule has 0 radical (unpaired) electrons. The highest BCUT2D eigenvalue weighted by Gasteiger charge is 2.13. The first-order chi connectivity index (χ1) is 4.59. The van der Waals surface area contributed by atoms with Crippen molar-refractivity contribution in [3.05, 3.63) is 0 Å². The number of hydrogen-bond donors (Lipinski definition) is 1. The van der Waals surface area contributed by atoms with Crippen molar-refractivity contribution < 1.29 is 4.79 Å². The predicted octanol–water partition coefficient (Wildman–Crippen LogP) is 1.41. The van der Waals surface area contributed by atoms with Crippen LogP contribution in [0.15, 0.2) is 0 Å². The van der Waals surface area contributed by atoms with Crippen LogP contribution in [0.25, 0.3) is 0 Å². The van der Waals surface area contributed by atoms with Gasteiger partial charge in [-0.2, -0.15) is 0 Å². The average molecular weight is 143 g/mol. The smallest absolute Gasteiger partial charge is 0.207 e. The highest BCUT2D eigenvalue weighted by atomic mass is 16.1. The number of nitrogens with one attached hydrogen (secondary N) is 1. The van der Waals surface area contributed by atoms with Crippen molar-refractivity contribution in [1.82, 2.24) is 5.32 Å². The largest absolute Gasteiger partial charge is 0.356 e. The highest BCUT2D eigenvalue weighted by molar-refractivity contribution is 5.46. The maximum absolute atomic E-state index is 10.0. The van der Waals surface area contributed by atoms with E-state index in [1.165, 1.54) is 0 Å². The van der Waals surface area contributed by atoms with Crippen molar-refractivity contribution in [3.8, 4) is 0 Å². The van der Waals surface area contributed by atoms with Crippen LogP contribution in [0.1, 0.15) is 27.7 Å². The molecule has 0 aromatic carbocycles. The van der Waals surface area contributed by atoms with Crippen molar-refractivity contribution in [2.75, 3.05) is 0 Å². The van der Waals surface area contributed by atoms with Gasteiger partial charge in [0.25, 0.3) is 0 Å². The summed E-state index contributed by atoms with van der Waals surface area (Å²) in [5, 5.41) is 2.75. The zero-order valence-electron chi connectivity index (χ0n) is 7.22. The van der Waals surface area contributed by atoms with Crippen LogP contribution in [0, 0.1) is 11.8 Å². The lowest BCUT2D eigenvalue weighted by atomic mass is 9.92. The second-order valence-corrected chi connectivity index (χ2v) is 3.18. The fourth-order valence-electron chi connectivity index (χ4n) is 0.836. The SMILES string of the molecule is CC(C)C(C)C(C)NC=O. The Morgan fingerprint density at radius 2 is 1.70 bits per heavy atom. The summed E-state index contributed by atoms with van der Waals surface area (Å²) < 4.78 is 0. The molecule has 0 fully saturated rings. The van der Waals surface area contributed by atoms with Gasteiger partial charge in [0.1, 0.15) is 0 Å². The maximum atomic E-state index is 10.0. The third kappa shape index (κ3) is 2.85. The summed E-state index contributed by atoms with van der Waals surface area (Å²) >= 11 is 0. The fraction of sp³-hybridized carbons (Fsp3) is 0.875. The Labute approximate surface area is 63.0 Å². The van der Waals surface area contributed by atoms with Gasteiger partial charge in [0.05, 0.1) is 0 Å². The van der Waals surface area contributed by atoms with Gasteiger partial charge in [0.15, 0.2) is 0 Å². The lowest BCUT2D eigenvalue weighted by Gasteiger charge is -2.22. The second-order valence-electron chi connectivity index (χ2n) is 3.18. The summed E-state index contributed by atoms with van der Waals surface area (Å²) in [6, 6.07) is 0.289. The van der Waals surface area contributed by atoms with Gasteiger partial charge in [-0.3, -0.25) is 4.79 Å². The van der Waals surface area contributed by atoms with E-state index >= 15 is 0 Å². The molecular formula is C8H17NO. The standard InChI is InChI=1S/C8H17NO/c1-6(2)7(3)8(4)9-5-10/h5-8H,1-4H3,(H,9,10). The molecule has 1 N–H and O–H groups in total. The summed E-state index contributed by atoms with van der Waals surface area (Å²) in [6.07, 6.45) is 0.767. The molecule has 0 aliphatic heterocycles. The van der Waals surface area contributed by atoms with Gasteiger partial charge >= 0.3 is 0 Å². The second kappa shape index (κ2) is 4.31. The van der Waals surface area contributed by atoms with Crippen LogP contribution < -0.4 is 5.32 Å². The van der Waals surface area contributed by atoms with Crippen LogP contribution in [0.4, 0.5) is 0 Å². The van der Waals surface area contributed by atoms with E-state index in [2.05, 4.69) is 26.1 Å². The molecule has 0 saturated heterocycles. The Balaban J connectivity index is 3.68. The zero-order chi connectivity index (χ0) is 8.15. The molecular weight excluding hydrogens is 126 g/mol. The van der Waals surface area contributed by atoms with Crippen molar-refractivity contribution >= 4 is 6.41 Å². The van der Waals surface area contributed by atoms with Crippen LogP contribution in [-0.2, 0) is 4.79 Å². The average Bonchev–Trinajstić information content (AvgIpc) is 1.87. The fourth-order valence-corrected chi connectivity index (χ4v) is 0.836. The summed E-state index contributed by atoms with van der Waals surface area (Å²) in [4.78, 5) is 10.0. The molecule has 2 nitrogen and oxygen atoms in total. The highest BCUT2D eigenvalue weighted by Crippen LogP contribution is 2.13. The predicted molar refractivity (Wildman–Crippen MR) is 42.7 cm³/mol. The monoisotopic (exact) mass is 143 g/mol. The van der Waals surface area contributed by atoms with Gasteiger partial charge in [-0.15, -0.1) is 0 Å². The molecule has 10 heavy (non-hydrogen) atoms. The number of amides is 1. The van der Waals surface area contributed by atoms with Crippen molar-refractivity contribution in [1.29, 1.82) is 0 Å². The molecule has 60 valence electrons. The Hall–Kier alpha value is -0.530. The van der Waals surface area contributed by atoms with E-state index in [0.29, 0.717) is 11.8 Å². The summed E-state index contributed by atoms with van der Waals surface area (Å²) in [5.74, 6) is 1.17. The van der Waals surface area contributed by atoms with Gasteiger partial charge in [-0.05, 0) is 18.8 Å². The van der Waals surface area contributed by atoms with Crippen LogP contribution in [0.5, 0.6) is 0 Å². The van der Waals surface area contributed by atoms with E-state index in [1.54, 1.807) is 0 Å². The molecule has 2 unspecified atom stereocenters. The van der Waals surface area contributed by atoms with Crippen LogP contribution >= 0.6 is 0 Å². The Kier molecular flexibility index (Phi) is 4.08. The van der Waals surface area contributed by atoms with Crippen LogP contribution in [-0.4, -0.2) is 12.5 Å². The van der Waals surface area contributed by atoms with E-state index in [1.807, 2.05) is 6.92 Å². The molecule has 0 aromatic rings. The first-order valence-corrected chi connectivity index (χ1v) is 3.79. The molecule has 0 aromatic heterocycles. The molecule has 0 saturated carbocycles. The topological polar surface area (TPSA) is 29.1 Å². The first kappa shape index (κ1) is 9.47. The number of rotatable bonds is 4. The van der Waals surface area contributed by atoms with Crippen molar-refractivity contribution in [2.24, 2.45) is 11.8 Å². The van der Waals surface area contributed by atoms with Crippen molar-refractivity contribution in [3.63, 3.8) is 0 Å². The van der Waals surface area contributed by atoms with E-state index < -0.39 is 0 Å². The van der Waals surface area contributed by atoms with Crippen LogP contribution in [0.3, 0.4) is 0 Å². The Morgan fingerprint density at radius 1 is 1.20 bits per heavy atom. The number of carbonyl (C=O) groups is 1. The molecule has 0 aliphatic carbocycles. The lowest BCUT2D eigenvalue weighted by molar-refractivity contribution is -0.110. The minimum Gasteiger partial charge on any atom is -0.356 e. The van der Waals surface area contributed by atoms with Crippen molar-refractivity contribution in [2.45, 2.75) is 33.7 Å². The molecule has 0 heterocycles. The summed E-state index contributed by atoms with van der Waals surface area (Å²) in [7, 11) is 0. The van der Waals surface area contributed by atoms with E-state index in [0.717, 1.165) is 6.41 Å². The third-order valence-corrected chi connectivity index (χ3v) is 2.17. The minimum absolute atomic E-state index is 0.289. The zero-order valence-corrected chi connectivity index (χ0v) is 7.22. The van der Waals surface area contributed by atoms with Gasteiger partial charge < -0.3 is 5.32 Å². The lowest BCUT2D eigenvalue weighted by Crippen LogP contribution is -2.33. The number of hydrogen-bond acceptors (Lipinski definition) is 1. The normalized spacial score (nSPS) is 16.5. The minimum atomic E-state index is 0.289. The van der Waals surface area contributed by atoms with Gasteiger partial charge in [-0.25, -0.2) is 0 Å². The first-order valence-electron chi connectivity index (χ1n) is 3.79. The molecule has 2 atom stereocenters. The summed E-state index contributed by atoms with van der Waals surface area (Å²) in [6.45, 7) is 8.49. The molecule has 2 heteroatoms. The molecule has 1 amide bonds. The van der Waals surface area contributed by atoms with E-state index in [4.69, 9.17) is 0 Å². The Morgan fingerprint density at radius 3 is 2.00 bits per heavy atom. The maximum Gasteiger partial charge on any atom is 0.207 e. The summed E-state index contributed by atoms with van der Waals surface area (Å²) in [5.41, 5.74) is 0. The molecule has 0 bridgehead atoms. The van der Waals surface area contributed by atoms with Gasteiger partial charge in [0, 0.05) is 6.04 Å². The van der Waals surface area contributed by atoms with Crippen LogP contribution in [0.2, 0.25) is 0 Å². The quantitative estimate of drug-likeness (QED) is 0.592. The van der Waals surface area contributed by atoms with Gasteiger partial charge in [0.2, 0.25) is 6.41 Å². The number of carbonyl (C=O) groups excluding carboxylic acids is 1. The molecule has 0 spiro atoms.